The summed E-state index contributed by atoms with van der Waals surface area (Å²) in [5, 5.41) is 1.76. The van der Waals surface area contributed by atoms with Gasteiger partial charge < -0.3 is 8.83 Å². The molecule has 5 aromatic rings. The normalized spacial score (nSPS) is 13.4. The first-order valence-electron chi connectivity index (χ1n) is 9.80. The molecule has 0 spiro atoms. The maximum absolute atomic E-state index is 13.0. The second kappa shape index (κ2) is 7.15. The summed E-state index contributed by atoms with van der Waals surface area (Å²) in [6, 6.07) is 20.6. The third-order valence-corrected chi connectivity index (χ3v) is 7.41. The van der Waals surface area contributed by atoms with Crippen LogP contribution in [0.15, 0.2) is 90.1 Å². The highest BCUT2D eigenvalue weighted by Crippen LogP contribution is 2.36. The molecular weight excluding hydrogens is 536 g/mol. The lowest BCUT2D eigenvalue weighted by Gasteiger charge is -2.04. The van der Waals surface area contributed by atoms with Crippen molar-refractivity contribution in [2.45, 2.75) is 0 Å². The number of benzene rings is 3. The van der Waals surface area contributed by atoms with Gasteiger partial charge in [0, 0.05) is 37.8 Å². The minimum absolute atomic E-state index is 0.0909. The Labute approximate surface area is 198 Å². The average Bonchev–Trinajstić information content (AvgIpc) is 3.42. The fourth-order valence-corrected chi connectivity index (χ4v) is 4.73. The number of ketones is 2. The van der Waals surface area contributed by atoms with E-state index in [1.165, 1.54) is 6.08 Å². The van der Waals surface area contributed by atoms with Crippen molar-refractivity contribution in [3.8, 4) is 11.3 Å². The van der Waals surface area contributed by atoms with Crippen LogP contribution in [0.1, 0.15) is 26.5 Å². The van der Waals surface area contributed by atoms with Crippen molar-refractivity contribution in [3.63, 3.8) is 0 Å². The average molecular weight is 548 g/mol. The molecule has 3 aromatic carbocycles. The van der Waals surface area contributed by atoms with E-state index in [2.05, 4.69) is 31.9 Å². The van der Waals surface area contributed by atoms with E-state index in [0.717, 1.165) is 25.3 Å². The predicted octanol–water partition coefficient (Wildman–Crippen LogP) is 7.83. The number of fused-ring (bicyclic) bond motifs is 3. The molecule has 0 fully saturated rings. The van der Waals surface area contributed by atoms with E-state index in [1.54, 1.807) is 18.2 Å². The summed E-state index contributed by atoms with van der Waals surface area (Å²) in [4.78, 5) is 26.0. The van der Waals surface area contributed by atoms with Crippen LogP contribution in [0.2, 0.25) is 0 Å². The first-order chi connectivity index (χ1) is 15.5. The van der Waals surface area contributed by atoms with Crippen LogP contribution in [-0.4, -0.2) is 11.6 Å². The molecule has 32 heavy (non-hydrogen) atoms. The van der Waals surface area contributed by atoms with E-state index in [9.17, 15) is 9.59 Å². The molecule has 0 saturated carbocycles. The molecule has 0 atom stereocenters. The highest BCUT2D eigenvalue weighted by molar-refractivity contribution is 9.13. The Kier molecular flexibility index (Phi) is 4.35. The SMILES string of the molecule is O=C1C(=Cc2cc3oc(-c4ccccc4)cc3o2)C(=O)c2cc3cc(Br)c(Br)cc3cc21. The van der Waals surface area contributed by atoms with E-state index in [-0.39, 0.29) is 17.1 Å². The lowest BCUT2D eigenvalue weighted by atomic mass is 10.0. The van der Waals surface area contributed by atoms with Gasteiger partial charge in [-0.1, -0.05) is 30.3 Å². The van der Waals surface area contributed by atoms with Gasteiger partial charge in [0.1, 0.15) is 11.5 Å². The lowest BCUT2D eigenvalue weighted by molar-refractivity contribution is 0.0990. The summed E-state index contributed by atoms with van der Waals surface area (Å²) >= 11 is 6.96. The zero-order valence-electron chi connectivity index (χ0n) is 16.3. The van der Waals surface area contributed by atoms with Crippen molar-refractivity contribution in [2.24, 2.45) is 0 Å². The first-order valence-corrected chi connectivity index (χ1v) is 11.4. The molecule has 0 N–H and O–H groups in total. The molecule has 0 aliphatic heterocycles. The third-order valence-electron chi connectivity index (χ3n) is 5.57. The number of furan rings is 2. The Morgan fingerprint density at radius 3 is 1.88 bits per heavy atom. The van der Waals surface area contributed by atoms with Crippen LogP contribution < -0.4 is 0 Å². The maximum Gasteiger partial charge on any atom is 0.197 e. The zero-order chi connectivity index (χ0) is 22.0. The summed E-state index contributed by atoms with van der Waals surface area (Å²) in [6.07, 6.45) is 1.50. The molecule has 2 aromatic heterocycles. The molecule has 4 nitrogen and oxygen atoms in total. The third kappa shape index (κ3) is 3.02. The van der Waals surface area contributed by atoms with Crippen molar-refractivity contribution in [1.82, 2.24) is 0 Å². The first kappa shape index (κ1) is 19.5. The van der Waals surface area contributed by atoms with Crippen molar-refractivity contribution < 1.29 is 18.4 Å². The molecule has 2 heterocycles. The number of rotatable bonds is 2. The van der Waals surface area contributed by atoms with E-state index in [1.807, 2.05) is 48.5 Å². The van der Waals surface area contributed by atoms with Crippen molar-refractivity contribution in [1.29, 1.82) is 0 Å². The molecule has 0 bridgehead atoms. The van der Waals surface area contributed by atoms with Gasteiger partial charge in [0.15, 0.2) is 22.7 Å². The number of hydrogen-bond acceptors (Lipinski definition) is 4. The number of carbonyl (C=O) groups is 2. The van der Waals surface area contributed by atoms with Crippen LogP contribution in [0.25, 0.3) is 39.3 Å². The number of Topliss-reactive ketones (excluding diaryl/α,β-unsaturated/α-hetero) is 2. The molecule has 154 valence electrons. The standard InChI is InChI=1S/C26H12Br2O4/c27-20-8-14-6-17-18(7-15(14)9-21(20)28)26(30)19(25(17)29)10-16-11-23-24(31-16)12-22(32-23)13-4-2-1-3-5-13/h1-12H. The number of carbonyl (C=O) groups excluding carboxylic acids is 2. The van der Waals surface area contributed by atoms with Gasteiger partial charge in [0.05, 0.1) is 5.57 Å². The van der Waals surface area contributed by atoms with Crippen LogP contribution in [0.4, 0.5) is 0 Å². The monoisotopic (exact) mass is 546 g/mol. The summed E-state index contributed by atoms with van der Waals surface area (Å²) in [5.41, 5.74) is 2.97. The molecular formula is C26H12Br2O4. The smallest absolute Gasteiger partial charge is 0.197 e. The van der Waals surface area contributed by atoms with Gasteiger partial charge in [-0.15, -0.1) is 0 Å². The van der Waals surface area contributed by atoms with Crippen molar-refractivity contribution in [2.75, 3.05) is 0 Å². The fourth-order valence-electron chi connectivity index (χ4n) is 4.01. The van der Waals surface area contributed by atoms with Gasteiger partial charge in [0.2, 0.25) is 0 Å². The highest BCUT2D eigenvalue weighted by Gasteiger charge is 2.34. The van der Waals surface area contributed by atoms with Gasteiger partial charge in [0.25, 0.3) is 0 Å². The Morgan fingerprint density at radius 2 is 1.28 bits per heavy atom. The molecule has 0 saturated heterocycles. The lowest BCUT2D eigenvalue weighted by Crippen LogP contribution is -1.99. The summed E-state index contributed by atoms with van der Waals surface area (Å²) in [6.45, 7) is 0. The van der Waals surface area contributed by atoms with Crippen molar-refractivity contribution >= 4 is 71.4 Å². The van der Waals surface area contributed by atoms with E-state index < -0.39 is 0 Å². The highest BCUT2D eigenvalue weighted by atomic mass is 79.9. The molecule has 0 amide bonds. The maximum atomic E-state index is 13.0. The van der Waals surface area contributed by atoms with Crippen LogP contribution in [0, 0.1) is 0 Å². The van der Waals surface area contributed by atoms with Crippen LogP contribution >= 0.6 is 31.9 Å². The summed E-state index contributed by atoms with van der Waals surface area (Å²) in [7, 11) is 0. The minimum atomic E-state index is -0.302. The van der Waals surface area contributed by atoms with Gasteiger partial charge in [-0.05, 0) is 73.0 Å². The fraction of sp³-hybridized carbons (Fsp3) is 0. The predicted molar refractivity (Wildman–Crippen MR) is 130 cm³/mol. The van der Waals surface area contributed by atoms with Crippen LogP contribution in [0.5, 0.6) is 0 Å². The second-order valence-corrected chi connectivity index (χ2v) is 9.29. The Hall–Kier alpha value is -3.22. The van der Waals surface area contributed by atoms with Gasteiger partial charge in [-0.3, -0.25) is 9.59 Å². The van der Waals surface area contributed by atoms with Gasteiger partial charge in [-0.25, -0.2) is 0 Å². The molecule has 6 heteroatoms. The quantitative estimate of drug-likeness (QED) is 0.167. The number of halogens is 2. The van der Waals surface area contributed by atoms with Gasteiger partial charge in [-0.2, -0.15) is 0 Å². The second-order valence-electron chi connectivity index (χ2n) is 7.58. The summed E-state index contributed by atoms with van der Waals surface area (Å²) in [5.74, 6) is 0.494. The summed E-state index contributed by atoms with van der Waals surface area (Å²) < 4.78 is 13.5. The molecule has 1 aliphatic carbocycles. The van der Waals surface area contributed by atoms with Gasteiger partial charge >= 0.3 is 0 Å². The van der Waals surface area contributed by atoms with Crippen molar-refractivity contribution in [3.05, 3.63) is 98.1 Å². The molecule has 6 rings (SSSR count). The van der Waals surface area contributed by atoms with Crippen LogP contribution in [-0.2, 0) is 0 Å². The molecule has 1 aliphatic rings. The topological polar surface area (TPSA) is 60.4 Å². The Balaban J connectivity index is 1.39. The minimum Gasteiger partial charge on any atom is -0.453 e. The molecule has 0 unspecified atom stereocenters. The van der Waals surface area contributed by atoms with E-state index >= 15 is 0 Å². The van der Waals surface area contributed by atoms with Crippen LogP contribution in [0.3, 0.4) is 0 Å². The number of hydrogen-bond donors (Lipinski definition) is 0. The number of allylic oxidation sites excluding steroid dienone is 1. The largest absolute Gasteiger partial charge is 0.453 e. The van der Waals surface area contributed by atoms with E-state index in [4.69, 9.17) is 8.83 Å². The Morgan fingerprint density at radius 1 is 0.688 bits per heavy atom. The van der Waals surface area contributed by atoms with E-state index in [0.29, 0.717) is 33.8 Å². The zero-order valence-corrected chi connectivity index (χ0v) is 19.5. The molecule has 0 radical (unpaired) electrons. The Bertz CT molecular complexity index is 1530.